The maximum atomic E-state index is 8.82. The smallest absolute Gasteiger partial charge is 0.163 e. The maximum Gasteiger partial charge on any atom is 0.163 e. The quantitative estimate of drug-likeness (QED) is 0.935. The lowest BCUT2D eigenvalue weighted by atomic mass is 10.1. The zero-order chi connectivity index (χ0) is 14.7. The summed E-state index contributed by atoms with van der Waals surface area (Å²) in [5, 5.41) is 12.3. The highest BCUT2D eigenvalue weighted by Crippen LogP contribution is 2.33. The molecule has 0 aliphatic carbocycles. The van der Waals surface area contributed by atoms with E-state index in [9.17, 15) is 0 Å². The Morgan fingerprint density at radius 1 is 1.05 bits per heavy atom. The number of nitrogens with zero attached hydrogens (tertiary/aromatic N) is 1. The van der Waals surface area contributed by atoms with Gasteiger partial charge in [0.1, 0.15) is 13.2 Å². The molecule has 0 saturated heterocycles. The predicted octanol–water partition coefficient (Wildman–Crippen LogP) is 3.50. The topological polar surface area (TPSA) is 54.3 Å². The van der Waals surface area contributed by atoms with Crippen molar-refractivity contribution in [1.29, 1.82) is 5.26 Å². The van der Waals surface area contributed by atoms with Crippen LogP contribution in [0.2, 0.25) is 0 Å². The lowest BCUT2D eigenvalue weighted by molar-refractivity contribution is 0.171. The van der Waals surface area contributed by atoms with Gasteiger partial charge in [-0.3, -0.25) is 0 Å². The molecular weight excluding hydrogens is 264 g/mol. The van der Waals surface area contributed by atoms with Crippen LogP contribution in [0.5, 0.6) is 11.5 Å². The fourth-order valence-corrected chi connectivity index (χ4v) is 2.31. The molecule has 1 atom stereocenters. The lowest BCUT2D eigenvalue weighted by Crippen LogP contribution is -2.15. The van der Waals surface area contributed by atoms with Crippen LogP contribution in [0, 0.1) is 11.3 Å². The van der Waals surface area contributed by atoms with Gasteiger partial charge in [-0.05, 0) is 36.8 Å². The molecule has 1 heterocycles. The highest BCUT2D eigenvalue weighted by molar-refractivity contribution is 5.56. The van der Waals surface area contributed by atoms with E-state index in [1.165, 1.54) is 0 Å². The van der Waals surface area contributed by atoms with Crippen molar-refractivity contribution >= 4 is 5.69 Å². The summed E-state index contributed by atoms with van der Waals surface area (Å²) in [6, 6.07) is 15.7. The minimum Gasteiger partial charge on any atom is -0.486 e. The van der Waals surface area contributed by atoms with E-state index in [1.54, 1.807) is 0 Å². The molecule has 0 saturated carbocycles. The zero-order valence-electron chi connectivity index (χ0n) is 11.8. The highest BCUT2D eigenvalue weighted by Gasteiger charge is 2.13. The van der Waals surface area contributed by atoms with E-state index in [4.69, 9.17) is 14.7 Å². The molecule has 0 bridgehead atoms. The van der Waals surface area contributed by atoms with Crippen LogP contribution < -0.4 is 14.8 Å². The van der Waals surface area contributed by atoms with Gasteiger partial charge >= 0.3 is 0 Å². The third-order valence-corrected chi connectivity index (χ3v) is 3.47. The van der Waals surface area contributed by atoms with Crippen molar-refractivity contribution in [1.82, 2.24) is 0 Å². The second kappa shape index (κ2) is 5.76. The van der Waals surface area contributed by atoms with E-state index in [2.05, 4.69) is 18.3 Å². The van der Waals surface area contributed by atoms with E-state index in [-0.39, 0.29) is 6.04 Å². The van der Waals surface area contributed by atoms with Crippen LogP contribution >= 0.6 is 0 Å². The van der Waals surface area contributed by atoms with E-state index >= 15 is 0 Å². The van der Waals surface area contributed by atoms with Crippen LogP contribution in [-0.4, -0.2) is 13.2 Å². The Morgan fingerprint density at radius 2 is 1.76 bits per heavy atom. The zero-order valence-corrected chi connectivity index (χ0v) is 11.8. The van der Waals surface area contributed by atoms with Gasteiger partial charge in [0.2, 0.25) is 0 Å². The standard InChI is InChI=1S/C17H16N2O2/c1-12(14-4-2-13(11-18)3-5-14)19-15-6-7-16-17(10-15)21-9-8-20-16/h2-7,10,12,19H,8-9H2,1H3. The van der Waals surface area contributed by atoms with Crippen molar-refractivity contribution in [3.63, 3.8) is 0 Å². The third kappa shape index (κ3) is 2.92. The average molecular weight is 280 g/mol. The minimum atomic E-state index is 0.139. The number of anilines is 1. The molecule has 106 valence electrons. The van der Waals surface area contributed by atoms with Gasteiger partial charge in [0.05, 0.1) is 11.6 Å². The first-order valence-corrected chi connectivity index (χ1v) is 6.92. The first-order valence-electron chi connectivity index (χ1n) is 6.92. The largest absolute Gasteiger partial charge is 0.486 e. The van der Waals surface area contributed by atoms with Crippen molar-refractivity contribution in [2.24, 2.45) is 0 Å². The first kappa shape index (κ1) is 13.3. The van der Waals surface area contributed by atoms with Gasteiger partial charge in [0.25, 0.3) is 0 Å². The number of hydrogen-bond donors (Lipinski definition) is 1. The molecule has 0 spiro atoms. The number of ether oxygens (including phenoxy) is 2. The van der Waals surface area contributed by atoms with Crippen LogP contribution in [0.15, 0.2) is 42.5 Å². The number of rotatable bonds is 3. The van der Waals surface area contributed by atoms with E-state index < -0.39 is 0 Å². The average Bonchev–Trinajstić information content (AvgIpc) is 2.55. The van der Waals surface area contributed by atoms with Crippen molar-refractivity contribution < 1.29 is 9.47 Å². The Bertz CT molecular complexity index is 674. The molecule has 1 aliphatic heterocycles. The summed E-state index contributed by atoms with van der Waals surface area (Å²) >= 11 is 0. The molecule has 4 heteroatoms. The molecule has 4 nitrogen and oxygen atoms in total. The number of nitrogens with one attached hydrogen (secondary N) is 1. The van der Waals surface area contributed by atoms with Gasteiger partial charge in [0, 0.05) is 17.8 Å². The molecule has 0 aromatic heterocycles. The Balaban J connectivity index is 1.74. The number of nitriles is 1. The minimum absolute atomic E-state index is 0.139. The van der Waals surface area contributed by atoms with Crippen LogP contribution in [0.4, 0.5) is 5.69 Å². The summed E-state index contributed by atoms with van der Waals surface area (Å²) < 4.78 is 11.1. The van der Waals surface area contributed by atoms with Crippen LogP contribution in [0.1, 0.15) is 24.1 Å². The number of fused-ring (bicyclic) bond motifs is 1. The van der Waals surface area contributed by atoms with Gasteiger partial charge in [-0.15, -0.1) is 0 Å². The Labute approximate surface area is 123 Å². The van der Waals surface area contributed by atoms with Gasteiger partial charge in [-0.1, -0.05) is 12.1 Å². The van der Waals surface area contributed by atoms with Crippen molar-refractivity contribution in [3.8, 4) is 17.6 Å². The second-order valence-corrected chi connectivity index (χ2v) is 4.96. The molecular formula is C17H16N2O2. The second-order valence-electron chi connectivity index (χ2n) is 4.96. The summed E-state index contributed by atoms with van der Waals surface area (Å²) in [5.74, 6) is 1.57. The number of benzene rings is 2. The van der Waals surface area contributed by atoms with Gasteiger partial charge in [-0.25, -0.2) is 0 Å². The fourth-order valence-electron chi connectivity index (χ4n) is 2.31. The highest BCUT2D eigenvalue weighted by atomic mass is 16.6. The fraction of sp³-hybridized carbons (Fsp3) is 0.235. The molecule has 1 unspecified atom stereocenters. The van der Waals surface area contributed by atoms with Crippen LogP contribution in [-0.2, 0) is 0 Å². The summed E-state index contributed by atoms with van der Waals surface area (Å²) in [5.41, 5.74) is 2.78. The van der Waals surface area contributed by atoms with Crippen LogP contribution in [0.25, 0.3) is 0 Å². The molecule has 3 rings (SSSR count). The molecule has 0 amide bonds. The van der Waals surface area contributed by atoms with Gasteiger partial charge in [0.15, 0.2) is 11.5 Å². The molecule has 1 aliphatic rings. The van der Waals surface area contributed by atoms with E-state index in [0.29, 0.717) is 18.8 Å². The predicted molar refractivity (Wildman–Crippen MR) is 80.6 cm³/mol. The van der Waals surface area contributed by atoms with Crippen molar-refractivity contribution in [2.75, 3.05) is 18.5 Å². The lowest BCUT2D eigenvalue weighted by Gasteiger charge is -2.21. The van der Waals surface area contributed by atoms with E-state index in [0.717, 1.165) is 22.7 Å². The normalized spacial score (nSPS) is 14.1. The molecule has 2 aromatic carbocycles. The molecule has 1 N–H and O–H groups in total. The summed E-state index contributed by atoms with van der Waals surface area (Å²) in [6.07, 6.45) is 0. The summed E-state index contributed by atoms with van der Waals surface area (Å²) in [6.45, 7) is 3.27. The Hall–Kier alpha value is -2.67. The van der Waals surface area contributed by atoms with Gasteiger partial charge in [-0.2, -0.15) is 5.26 Å². The molecule has 0 fully saturated rings. The summed E-state index contributed by atoms with van der Waals surface area (Å²) in [7, 11) is 0. The Morgan fingerprint density at radius 3 is 2.48 bits per heavy atom. The van der Waals surface area contributed by atoms with Crippen molar-refractivity contribution in [3.05, 3.63) is 53.6 Å². The maximum absolute atomic E-state index is 8.82. The monoisotopic (exact) mass is 280 g/mol. The first-order chi connectivity index (χ1) is 10.3. The molecule has 21 heavy (non-hydrogen) atoms. The van der Waals surface area contributed by atoms with Crippen LogP contribution in [0.3, 0.4) is 0 Å². The Kier molecular flexibility index (Phi) is 3.65. The van der Waals surface area contributed by atoms with E-state index in [1.807, 2.05) is 42.5 Å². The SMILES string of the molecule is CC(Nc1ccc2c(c1)OCCO2)c1ccc(C#N)cc1. The van der Waals surface area contributed by atoms with Gasteiger partial charge < -0.3 is 14.8 Å². The number of hydrogen-bond acceptors (Lipinski definition) is 4. The van der Waals surface area contributed by atoms with Crippen molar-refractivity contribution in [2.45, 2.75) is 13.0 Å². The molecule has 0 radical (unpaired) electrons. The third-order valence-electron chi connectivity index (χ3n) is 3.47. The molecule has 2 aromatic rings. The summed E-state index contributed by atoms with van der Waals surface area (Å²) in [4.78, 5) is 0.